The minimum Gasteiger partial charge on any atom is -0.506 e. The van der Waals surface area contributed by atoms with Gasteiger partial charge in [-0.15, -0.1) is 10.2 Å². The second-order valence-corrected chi connectivity index (χ2v) is 7.71. The lowest BCUT2D eigenvalue weighted by Gasteiger charge is -2.30. The highest BCUT2D eigenvalue weighted by molar-refractivity contribution is 9.10. The Kier molecular flexibility index (Phi) is 6.96. The van der Waals surface area contributed by atoms with Crippen LogP contribution in [0.2, 0.25) is 0 Å². The van der Waals surface area contributed by atoms with E-state index in [1.54, 1.807) is 4.90 Å². The van der Waals surface area contributed by atoms with E-state index in [-0.39, 0.29) is 52.3 Å². The molecule has 14 heteroatoms. The van der Waals surface area contributed by atoms with Crippen LogP contribution in [-0.2, 0) is 9.53 Å². The van der Waals surface area contributed by atoms with Crippen molar-refractivity contribution in [2.24, 2.45) is 10.2 Å². The van der Waals surface area contributed by atoms with Gasteiger partial charge < -0.3 is 14.7 Å². The van der Waals surface area contributed by atoms with Crippen molar-refractivity contribution in [3.05, 3.63) is 54.5 Å². The molecule has 0 saturated heterocycles. The van der Waals surface area contributed by atoms with Gasteiger partial charge in [-0.3, -0.25) is 29.8 Å². The number of ether oxygens (including phenoxy) is 1. The highest BCUT2D eigenvalue weighted by Crippen LogP contribution is 2.42. The average Bonchev–Trinajstić information content (AvgIpc) is 2.77. The van der Waals surface area contributed by atoms with Crippen LogP contribution in [0.1, 0.15) is 23.2 Å². The number of fused-ring (bicyclic) bond motifs is 1. The molecule has 0 aliphatic carbocycles. The van der Waals surface area contributed by atoms with Crippen LogP contribution < -0.4 is 4.90 Å². The Labute approximate surface area is 194 Å². The predicted octanol–water partition coefficient (Wildman–Crippen LogP) is 4.34. The second kappa shape index (κ2) is 9.68. The first-order chi connectivity index (χ1) is 15.6. The molecule has 0 unspecified atom stereocenters. The zero-order valence-electron chi connectivity index (χ0n) is 17.1. The van der Waals surface area contributed by atoms with Gasteiger partial charge in [0.1, 0.15) is 11.4 Å². The Morgan fingerprint density at radius 1 is 1.21 bits per heavy atom. The number of halogens is 1. The number of hydrogen-bond donors (Lipinski definition) is 1. The molecule has 1 N–H and O–H groups in total. The second-order valence-electron chi connectivity index (χ2n) is 6.85. The van der Waals surface area contributed by atoms with Crippen molar-refractivity contribution >= 4 is 56.1 Å². The van der Waals surface area contributed by atoms with Crippen LogP contribution in [0, 0.1) is 20.2 Å². The molecular formula is C19H16BrN5O8. The van der Waals surface area contributed by atoms with Crippen LogP contribution in [0.25, 0.3) is 0 Å². The van der Waals surface area contributed by atoms with E-state index >= 15 is 0 Å². The lowest BCUT2D eigenvalue weighted by molar-refractivity contribution is -0.393. The standard InChI is InChI=1S/C19H16BrN5O8/c1-33-18(28)3-5-23-4-2-16(26)11-8-13(17(27)9-14(11)23)21-22-19-12(20)6-10(24(29)30)7-15(19)25(31)32/h6-9,27H,2-5H2,1H3. The molecule has 0 radical (unpaired) electrons. The maximum absolute atomic E-state index is 12.4. The number of rotatable bonds is 7. The van der Waals surface area contributed by atoms with E-state index in [4.69, 9.17) is 0 Å². The number of azo groups is 1. The van der Waals surface area contributed by atoms with E-state index in [9.17, 15) is 34.9 Å². The van der Waals surface area contributed by atoms with Crippen molar-refractivity contribution in [2.45, 2.75) is 12.8 Å². The van der Waals surface area contributed by atoms with Gasteiger partial charge in [-0.25, -0.2) is 0 Å². The number of methoxy groups -OCH3 is 1. The van der Waals surface area contributed by atoms with E-state index in [0.717, 1.165) is 12.1 Å². The zero-order valence-corrected chi connectivity index (χ0v) is 18.6. The number of aromatic hydroxyl groups is 1. The first-order valence-corrected chi connectivity index (χ1v) is 10.2. The van der Waals surface area contributed by atoms with Crippen molar-refractivity contribution in [3.63, 3.8) is 0 Å². The van der Waals surface area contributed by atoms with Crippen LogP contribution in [-0.4, -0.2) is 46.9 Å². The first-order valence-electron chi connectivity index (χ1n) is 9.38. The Bertz CT molecular complexity index is 1200. The number of nitro groups is 2. The molecule has 0 spiro atoms. The quantitative estimate of drug-likeness (QED) is 0.240. The highest BCUT2D eigenvalue weighted by atomic mass is 79.9. The number of non-ortho nitro benzene ring substituents is 1. The van der Waals surface area contributed by atoms with Crippen molar-refractivity contribution in [3.8, 4) is 5.75 Å². The first kappa shape index (κ1) is 23.7. The van der Waals surface area contributed by atoms with Gasteiger partial charge in [0.05, 0.1) is 39.6 Å². The number of phenolic OH excluding ortho intramolecular Hbond substituents is 1. The summed E-state index contributed by atoms with van der Waals surface area (Å²) in [5.41, 5.74) is -0.946. The monoisotopic (exact) mass is 521 g/mol. The number of esters is 1. The summed E-state index contributed by atoms with van der Waals surface area (Å²) in [5.74, 6) is -0.979. The smallest absolute Gasteiger partial charge is 0.307 e. The number of benzene rings is 2. The highest BCUT2D eigenvalue weighted by Gasteiger charge is 2.27. The summed E-state index contributed by atoms with van der Waals surface area (Å²) >= 11 is 3.02. The van der Waals surface area contributed by atoms with Gasteiger partial charge in [-0.05, 0) is 22.0 Å². The van der Waals surface area contributed by atoms with E-state index < -0.39 is 27.2 Å². The number of carbonyl (C=O) groups excluding carboxylic acids is 2. The van der Waals surface area contributed by atoms with Gasteiger partial charge in [-0.1, -0.05) is 0 Å². The van der Waals surface area contributed by atoms with Crippen molar-refractivity contribution < 1.29 is 29.3 Å². The van der Waals surface area contributed by atoms with Gasteiger partial charge in [0, 0.05) is 37.2 Å². The summed E-state index contributed by atoms with van der Waals surface area (Å²) in [4.78, 5) is 46.3. The summed E-state index contributed by atoms with van der Waals surface area (Å²) in [5, 5.41) is 40.4. The molecule has 0 fully saturated rings. The summed E-state index contributed by atoms with van der Waals surface area (Å²) in [6, 6.07) is 4.38. The normalized spacial score (nSPS) is 13.2. The molecule has 2 aromatic rings. The maximum atomic E-state index is 12.4. The summed E-state index contributed by atoms with van der Waals surface area (Å²) in [7, 11) is 1.27. The van der Waals surface area contributed by atoms with Gasteiger partial charge in [0.15, 0.2) is 11.5 Å². The Hall–Kier alpha value is -3.94. The molecule has 0 amide bonds. The molecule has 13 nitrogen and oxygen atoms in total. The minimum absolute atomic E-state index is 0.0466. The van der Waals surface area contributed by atoms with Crippen molar-refractivity contribution in [1.82, 2.24) is 0 Å². The van der Waals surface area contributed by atoms with Gasteiger partial charge in [0.2, 0.25) is 0 Å². The number of carbonyl (C=O) groups is 2. The van der Waals surface area contributed by atoms with E-state index in [2.05, 4.69) is 30.9 Å². The fourth-order valence-electron chi connectivity index (χ4n) is 3.20. The van der Waals surface area contributed by atoms with E-state index in [1.165, 1.54) is 19.2 Å². The lowest BCUT2D eigenvalue weighted by Crippen LogP contribution is -2.33. The number of Topliss-reactive ketones (excluding diaryl/α,β-unsaturated/α-hetero) is 1. The number of nitrogens with zero attached hydrogens (tertiary/aromatic N) is 5. The number of ketones is 1. The fourth-order valence-corrected chi connectivity index (χ4v) is 3.72. The van der Waals surface area contributed by atoms with Crippen LogP contribution >= 0.6 is 15.9 Å². The summed E-state index contributed by atoms with van der Waals surface area (Å²) in [6.45, 7) is 0.625. The maximum Gasteiger partial charge on any atom is 0.307 e. The van der Waals surface area contributed by atoms with E-state index in [1.807, 2.05) is 0 Å². The number of nitro benzene ring substituents is 2. The largest absolute Gasteiger partial charge is 0.506 e. The molecule has 33 heavy (non-hydrogen) atoms. The molecule has 3 rings (SSSR count). The Balaban J connectivity index is 1.99. The van der Waals surface area contributed by atoms with Crippen LogP contribution in [0.15, 0.2) is 39.0 Å². The number of phenols is 1. The Morgan fingerprint density at radius 3 is 2.58 bits per heavy atom. The van der Waals surface area contributed by atoms with Crippen LogP contribution in [0.4, 0.5) is 28.4 Å². The SMILES string of the molecule is COC(=O)CCN1CCC(=O)c2cc(N=Nc3c(Br)cc([N+](=O)[O-])cc3[N+](=O)[O-])c(O)cc21. The van der Waals surface area contributed by atoms with Gasteiger partial charge in [0.25, 0.3) is 5.69 Å². The van der Waals surface area contributed by atoms with Crippen molar-refractivity contribution in [1.29, 1.82) is 0 Å². The molecule has 1 aliphatic heterocycles. The van der Waals surface area contributed by atoms with Crippen LogP contribution in [0.5, 0.6) is 5.75 Å². The molecule has 2 aromatic carbocycles. The third-order valence-corrected chi connectivity index (χ3v) is 5.45. The fraction of sp³-hybridized carbons (Fsp3) is 0.263. The van der Waals surface area contributed by atoms with Crippen molar-refractivity contribution in [2.75, 3.05) is 25.1 Å². The average molecular weight is 522 g/mol. The third kappa shape index (κ3) is 5.11. The summed E-state index contributed by atoms with van der Waals surface area (Å²) in [6.07, 6.45) is 0.263. The van der Waals surface area contributed by atoms with Crippen LogP contribution in [0.3, 0.4) is 0 Å². The molecule has 1 aliphatic rings. The predicted molar refractivity (Wildman–Crippen MR) is 118 cm³/mol. The Morgan fingerprint density at radius 2 is 1.94 bits per heavy atom. The minimum atomic E-state index is -0.846. The van der Waals surface area contributed by atoms with Gasteiger partial charge in [-0.2, -0.15) is 0 Å². The molecule has 1 heterocycles. The van der Waals surface area contributed by atoms with Gasteiger partial charge >= 0.3 is 11.7 Å². The lowest BCUT2D eigenvalue weighted by atomic mass is 9.99. The zero-order chi connectivity index (χ0) is 24.3. The molecular weight excluding hydrogens is 506 g/mol. The molecule has 0 aromatic heterocycles. The molecule has 172 valence electrons. The number of hydrogen-bond acceptors (Lipinski definition) is 11. The molecule has 0 bridgehead atoms. The number of anilines is 1. The molecule has 0 saturated carbocycles. The summed E-state index contributed by atoms with van der Waals surface area (Å²) < 4.78 is 4.58. The third-order valence-electron chi connectivity index (χ3n) is 4.85. The van der Waals surface area contributed by atoms with E-state index in [0.29, 0.717) is 12.2 Å². The molecule has 0 atom stereocenters. The topological polar surface area (TPSA) is 178 Å².